The van der Waals surface area contributed by atoms with Crippen molar-refractivity contribution < 1.29 is 14.4 Å². The molecule has 0 spiro atoms. The first-order valence-corrected chi connectivity index (χ1v) is 10.4. The molecule has 0 atom stereocenters. The van der Waals surface area contributed by atoms with E-state index in [1.165, 1.54) is 0 Å². The molecule has 4 heterocycles. The van der Waals surface area contributed by atoms with Crippen molar-refractivity contribution in [1.82, 2.24) is 24.1 Å². The molecule has 3 amide bonds. The highest BCUT2D eigenvalue weighted by molar-refractivity contribution is 6.02. The quantitative estimate of drug-likeness (QED) is 0.772. The van der Waals surface area contributed by atoms with Crippen molar-refractivity contribution in [3.63, 3.8) is 0 Å². The summed E-state index contributed by atoms with van der Waals surface area (Å²) in [7, 11) is 0. The summed E-state index contributed by atoms with van der Waals surface area (Å²) in [6.45, 7) is 4.99. The van der Waals surface area contributed by atoms with Gasteiger partial charge in [0.1, 0.15) is 0 Å². The number of fused-ring (bicyclic) bond motifs is 1. The lowest BCUT2D eigenvalue weighted by Crippen LogP contribution is -2.50. The van der Waals surface area contributed by atoms with Gasteiger partial charge in [0.05, 0.1) is 5.52 Å². The summed E-state index contributed by atoms with van der Waals surface area (Å²) in [5.74, 6) is 0.0171. The third-order valence-electron chi connectivity index (χ3n) is 5.85. The first-order valence-electron chi connectivity index (χ1n) is 10.4. The fourth-order valence-corrected chi connectivity index (χ4v) is 4.14. The maximum absolute atomic E-state index is 13.2. The van der Waals surface area contributed by atoms with E-state index in [0.29, 0.717) is 43.2 Å². The normalized spacial score (nSPS) is 18.0. The first kappa shape index (κ1) is 19.4. The molecule has 8 nitrogen and oxygen atoms in total. The van der Waals surface area contributed by atoms with E-state index in [2.05, 4.69) is 4.98 Å². The number of hydrogen-bond donors (Lipinski definition) is 0. The Hall–Kier alpha value is -2.90. The predicted octanol–water partition coefficient (Wildman–Crippen LogP) is 1.65. The number of amides is 3. The second-order valence-electron chi connectivity index (χ2n) is 7.74. The fourth-order valence-electron chi connectivity index (χ4n) is 4.14. The van der Waals surface area contributed by atoms with E-state index in [1.807, 2.05) is 23.1 Å². The Labute approximate surface area is 170 Å². The number of carbonyl (C=O) groups excluding carboxylic acids is 3. The molecule has 154 valence electrons. The zero-order valence-corrected chi connectivity index (χ0v) is 16.8. The van der Waals surface area contributed by atoms with Gasteiger partial charge in [-0.3, -0.25) is 18.8 Å². The fraction of sp³-hybridized carbons (Fsp3) is 0.524. The number of piperazine rings is 1. The molecular weight excluding hydrogens is 370 g/mol. The number of pyridine rings is 1. The molecule has 0 aromatic carbocycles. The molecule has 2 aliphatic heterocycles. The number of nitrogens with zero attached hydrogens (tertiary/aromatic N) is 5. The minimum atomic E-state index is -0.188. The van der Waals surface area contributed by atoms with Gasteiger partial charge in [-0.25, -0.2) is 4.98 Å². The van der Waals surface area contributed by atoms with E-state index in [4.69, 9.17) is 0 Å². The average molecular weight is 397 g/mol. The van der Waals surface area contributed by atoms with Crippen LogP contribution in [0.3, 0.4) is 0 Å². The highest BCUT2D eigenvalue weighted by Gasteiger charge is 2.29. The molecule has 0 N–H and O–H groups in total. The van der Waals surface area contributed by atoms with Crippen molar-refractivity contribution in [2.45, 2.75) is 32.6 Å². The molecular formula is C21H27N5O3. The van der Waals surface area contributed by atoms with Crippen LogP contribution in [0.4, 0.5) is 0 Å². The maximum atomic E-state index is 13.2. The molecule has 2 saturated heterocycles. The van der Waals surface area contributed by atoms with Crippen molar-refractivity contribution in [2.75, 3.05) is 39.3 Å². The van der Waals surface area contributed by atoms with Crippen LogP contribution < -0.4 is 0 Å². The van der Waals surface area contributed by atoms with Crippen molar-refractivity contribution in [3.05, 3.63) is 35.9 Å². The molecule has 29 heavy (non-hydrogen) atoms. The average Bonchev–Trinajstić information content (AvgIpc) is 2.92. The van der Waals surface area contributed by atoms with Crippen molar-refractivity contribution in [3.8, 4) is 0 Å². The molecule has 0 radical (unpaired) electrons. The van der Waals surface area contributed by atoms with Crippen molar-refractivity contribution >= 4 is 23.2 Å². The molecule has 0 saturated carbocycles. The molecule has 2 fully saturated rings. The summed E-state index contributed by atoms with van der Waals surface area (Å²) < 4.78 is 1.73. The summed E-state index contributed by atoms with van der Waals surface area (Å²) in [5, 5.41) is 0. The van der Waals surface area contributed by atoms with E-state index >= 15 is 0 Å². The maximum Gasteiger partial charge on any atom is 0.290 e. The van der Waals surface area contributed by atoms with Gasteiger partial charge >= 0.3 is 0 Å². The van der Waals surface area contributed by atoms with Crippen LogP contribution >= 0.6 is 0 Å². The lowest BCUT2D eigenvalue weighted by Gasteiger charge is -2.33. The van der Waals surface area contributed by atoms with Crippen LogP contribution in [-0.4, -0.2) is 81.1 Å². The van der Waals surface area contributed by atoms with Gasteiger partial charge in [0, 0.05) is 52.4 Å². The number of hydrogen-bond acceptors (Lipinski definition) is 4. The molecule has 2 aromatic heterocycles. The Kier molecular flexibility index (Phi) is 5.51. The van der Waals surface area contributed by atoms with Gasteiger partial charge in [-0.1, -0.05) is 18.9 Å². The summed E-state index contributed by atoms with van der Waals surface area (Å²) in [4.78, 5) is 47.7. The predicted molar refractivity (Wildman–Crippen MR) is 108 cm³/mol. The molecule has 4 rings (SSSR count). The number of rotatable bonds is 2. The van der Waals surface area contributed by atoms with Gasteiger partial charge in [-0.15, -0.1) is 0 Å². The Morgan fingerprint density at radius 1 is 0.793 bits per heavy atom. The first-order chi connectivity index (χ1) is 14.1. The van der Waals surface area contributed by atoms with Gasteiger partial charge in [0.15, 0.2) is 5.69 Å². The highest BCUT2D eigenvalue weighted by atomic mass is 16.2. The molecule has 2 aliphatic rings. The Balaban J connectivity index is 1.61. The van der Waals surface area contributed by atoms with Gasteiger partial charge in [-0.2, -0.15) is 0 Å². The summed E-state index contributed by atoms with van der Waals surface area (Å²) in [6, 6.07) is 5.51. The Morgan fingerprint density at radius 3 is 2.07 bits per heavy atom. The standard InChI is InChI=1S/C21H27N5O3/c1-16(27)23-12-14-25(15-13-23)20(28)18-17-8-4-7-11-26(17)19(22-18)21(29)24-9-5-2-3-6-10-24/h4,7-8,11H,2-3,5-6,9-10,12-15H2,1H3. The van der Waals surface area contributed by atoms with Crippen LogP contribution in [-0.2, 0) is 4.79 Å². The van der Waals surface area contributed by atoms with Gasteiger partial charge in [0.2, 0.25) is 11.7 Å². The van der Waals surface area contributed by atoms with Gasteiger partial charge in [-0.05, 0) is 25.0 Å². The molecule has 8 heteroatoms. The minimum Gasteiger partial charge on any atom is -0.339 e. The van der Waals surface area contributed by atoms with Gasteiger partial charge in [0.25, 0.3) is 11.8 Å². The minimum absolute atomic E-state index is 0.0230. The van der Waals surface area contributed by atoms with Crippen molar-refractivity contribution in [1.29, 1.82) is 0 Å². The van der Waals surface area contributed by atoms with Crippen LogP contribution in [0, 0.1) is 0 Å². The van der Waals surface area contributed by atoms with E-state index in [0.717, 1.165) is 38.8 Å². The van der Waals surface area contributed by atoms with Gasteiger partial charge < -0.3 is 14.7 Å². The van der Waals surface area contributed by atoms with E-state index in [9.17, 15) is 14.4 Å². The van der Waals surface area contributed by atoms with Crippen LogP contribution in [0.25, 0.3) is 5.52 Å². The second-order valence-corrected chi connectivity index (χ2v) is 7.74. The lowest BCUT2D eigenvalue weighted by atomic mass is 10.2. The third kappa shape index (κ3) is 3.83. The third-order valence-corrected chi connectivity index (χ3v) is 5.85. The Morgan fingerprint density at radius 2 is 1.41 bits per heavy atom. The smallest absolute Gasteiger partial charge is 0.290 e. The second kappa shape index (κ2) is 8.23. The Bertz CT molecular complexity index is 922. The summed E-state index contributed by atoms with van der Waals surface area (Å²) in [5.41, 5.74) is 0.949. The number of likely N-dealkylation sites (tertiary alicyclic amines) is 1. The monoisotopic (exact) mass is 397 g/mol. The summed E-state index contributed by atoms with van der Waals surface area (Å²) in [6.07, 6.45) is 6.07. The van der Waals surface area contributed by atoms with Crippen LogP contribution in [0.15, 0.2) is 24.4 Å². The zero-order chi connectivity index (χ0) is 20.4. The zero-order valence-electron chi connectivity index (χ0n) is 16.8. The van der Waals surface area contributed by atoms with Crippen molar-refractivity contribution in [2.24, 2.45) is 0 Å². The molecule has 2 aromatic rings. The molecule has 0 unspecified atom stereocenters. The lowest BCUT2D eigenvalue weighted by molar-refractivity contribution is -0.130. The SMILES string of the molecule is CC(=O)N1CCN(C(=O)c2nc(C(=O)N3CCCCCC3)n3ccccc23)CC1. The molecule has 0 aliphatic carbocycles. The van der Waals surface area contributed by atoms with E-state index < -0.39 is 0 Å². The number of aromatic nitrogens is 2. The topological polar surface area (TPSA) is 78.2 Å². The van der Waals surface area contributed by atoms with E-state index in [1.54, 1.807) is 27.3 Å². The van der Waals surface area contributed by atoms with Crippen LogP contribution in [0.2, 0.25) is 0 Å². The summed E-state index contributed by atoms with van der Waals surface area (Å²) >= 11 is 0. The van der Waals surface area contributed by atoms with E-state index in [-0.39, 0.29) is 17.7 Å². The molecule has 0 bridgehead atoms. The highest BCUT2D eigenvalue weighted by Crippen LogP contribution is 2.19. The largest absolute Gasteiger partial charge is 0.339 e. The van der Waals surface area contributed by atoms with Crippen LogP contribution in [0.5, 0.6) is 0 Å². The number of carbonyl (C=O) groups is 3. The number of imidazole rings is 1. The van der Waals surface area contributed by atoms with Crippen LogP contribution in [0.1, 0.15) is 53.7 Å².